The lowest BCUT2D eigenvalue weighted by Crippen LogP contribution is -2.48. The van der Waals surface area contributed by atoms with Crippen LogP contribution < -0.4 is 5.32 Å². The Morgan fingerprint density at radius 2 is 2.32 bits per heavy atom. The lowest BCUT2D eigenvalue weighted by atomic mass is 10.1. The van der Waals surface area contributed by atoms with Gasteiger partial charge in [0.15, 0.2) is 5.96 Å². The molecule has 1 atom stereocenters. The maximum Gasteiger partial charge on any atom is 0.194 e. The number of aromatic nitrogens is 2. The maximum absolute atomic E-state index is 5.91. The maximum atomic E-state index is 5.91. The highest BCUT2D eigenvalue weighted by atomic mass is 16.5. The summed E-state index contributed by atoms with van der Waals surface area (Å²) in [5, 5.41) is 7.63. The van der Waals surface area contributed by atoms with Crippen molar-refractivity contribution < 1.29 is 9.47 Å². The predicted octanol–water partition coefficient (Wildman–Crippen LogP) is 1.82. The van der Waals surface area contributed by atoms with Gasteiger partial charge in [-0.15, -0.1) is 0 Å². The molecule has 2 rings (SSSR count). The van der Waals surface area contributed by atoms with E-state index in [-0.39, 0.29) is 6.10 Å². The Morgan fingerprint density at radius 1 is 1.48 bits per heavy atom. The molecule has 142 valence electrons. The third-order valence-corrected chi connectivity index (χ3v) is 4.13. The molecule has 1 saturated heterocycles. The second-order valence-electron chi connectivity index (χ2n) is 6.78. The highest BCUT2D eigenvalue weighted by Crippen LogP contribution is 2.21. The smallest absolute Gasteiger partial charge is 0.194 e. The molecule has 2 heterocycles. The predicted molar refractivity (Wildman–Crippen MR) is 99.7 cm³/mol. The van der Waals surface area contributed by atoms with Gasteiger partial charge in [-0.05, 0) is 19.3 Å². The van der Waals surface area contributed by atoms with Crippen molar-refractivity contribution in [1.82, 2.24) is 20.0 Å². The first-order chi connectivity index (χ1) is 12.1. The van der Waals surface area contributed by atoms with Gasteiger partial charge in [-0.25, -0.2) is 0 Å². The molecule has 1 fully saturated rings. The van der Waals surface area contributed by atoms with Crippen LogP contribution in [0.4, 0.5) is 0 Å². The summed E-state index contributed by atoms with van der Waals surface area (Å²) in [6, 6.07) is 0. The zero-order valence-corrected chi connectivity index (χ0v) is 16.1. The Labute approximate surface area is 151 Å². The second-order valence-corrected chi connectivity index (χ2v) is 6.78. The number of hydrogen-bond acceptors (Lipinski definition) is 4. The molecule has 0 aromatic carbocycles. The summed E-state index contributed by atoms with van der Waals surface area (Å²) in [5.74, 6) is 1.62. The van der Waals surface area contributed by atoms with Crippen molar-refractivity contribution in [2.75, 3.05) is 46.0 Å². The molecule has 0 spiro atoms. The average Bonchev–Trinajstić information content (AvgIpc) is 3.03. The number of guanidine groups is 1. The highest BCUT2D eigenvalue weighted by molar-refractivity contribution is 5.80. The van der Waals surface area contributed by atoms with E-state index >= 15 is 0 Å². The SMILES string of the molecule is CCNC(=NCCOCCC(C)C)N1CCOC(c2cnn(C)c2)C1. The lowest BCUT2D eigenvalue weighted by Gasteiger charge is -2.34. The molecule has 7 heteroatoms. The third kappa shape index (κ3) is 6.66. The largest absolute Gasteiger partial charge is 0.380 e. The van der Waals surface area contributed by atoms with Crippen molar-refractivity contribution in [1.29, 1.82) is 0 Å². The number of ether oxygens (including phenoxy) is 2. The molecule has 0 aliphatic carbocycles. The Kier molecular flexibility index (Phi) is 8.21. The Hall–Kier alpha value is -1.60. The van der Waals surface area contributed by atoms with E-state index in [9.17, 15) is 0 Å². The zero-order chi connectivity index (χ0) is 18.1. The molecule has 1 aromatic rings. The van der Waals surface area contributed by atoms with Crippen molar-refractivity contribution in [2.45, 2.75) is 33.3 Å². The summed E-state index contributed by atoms with van der Waals surface area (Å²) >= 11 is 0. The summed E-state index contributed by atoms with van der Waals surface area (Å²) in [6.45, 7) is 11.8. The number of aryl methyl sites for hydroxylation is 1. The molecule has 1 aliphatic rings. The van der Waals surface area contributed by atoms with E-state index in [1.54, 1.807) is 0 Å². The van der Waals surface area contributed by atoms with Gasteiger partial charge in [-0.1, -0.05) is 13.8 Å². The van der Waals surface area contributed by atoms with Crippen LogP contribution in [0, 0.1) is 5.92 Å². The van der Waals surface area contributed by atoms with Crippen LogP contribution in [-0.4, -0.2) is 66.6 Å². The van der Waals surface area contributed by atoms with Gasteiger partial charge in [-0.2, -0.15) is 5.10 Å². The van der Waals surface area contributed by atoms with Gasteiger partial charge in [0.2, 0.25) is 0 Å². The second kappa shape index (κ2) is 10.4. The fourth-order valence-electron chi connectivity index (χ4n) is 2.71. The summed E-state index contributed by atoms with van der Waals surface area (Å²) in [4.78, 5) is 6.98. The number of aliphatic imine (C=N–C) groups is 1. The number of morpholine rings is 1. The molecule has 0 saturated carbocycles. The van der Waals surface area contributed by atoms with Crippen LogP contribution in [0.5, 0.6) is 0 Å². The minimum Gasteiger partial charge on any atom is -0.380 e. The van der Waals surface area contributed by atoms with Gasteiger partial charge in [-0.3, -0.25) is 9.67 Å². The Balaban J connectivity index is 1.86. The van der Waals surface area contributed by atoms with Crippen molar-refractivity contribution >= 4 is 5.96 Å². The molecule has 0 bridgehead atoms. The summed E-state index contributed by atoms with van der Waals surface area (Å²) in [7, 11) is 1.93. The zero-order valence-electron chi connectivity index (χ0n) is 16.1. The molecule has 0 radical (unpaired) electrons. The van der Waals surface area contributed by atoms with E-state index in [0.29, 0.717) is 25.7 Å². The monoisotopic (exact) mass is 351 g/mol. The van der Waals surface area contributed by atoms with E-state index in [0.717, 1.165) is 44.2 Å². The van der Waals surface area contributed by atoms with Crippen molar-refractivity contribution in [2.24, 2.45) is 18.0 Å². The quantitative estimate of drug-likeness (QED) is 0.440. The molecule has 0 amide bonds. The fourth-order valence-corrected chi connectivity index (χ4v) is 2.71. The van der Waals surface area contributed by atoms with Gasteiger partial charge in [0.25, 0.3) is 0 Å². The standard InChI is InChI=1S/C18H33N5O2/c1-5-19-18(20-7-10-24-9-6-15(2)3)23-8-11-25-17(14-23)16-12-21-22(4)13-16/h12-13,15,17H,5-11,14H2,1-4H3,(H,19,20). The van der Waals surface area contributed by atoms with E-state index in [2.05, 4.69) is 36.1 Å². The Morgan fingerprint density at radius 3 is 3.00 bits per heavy atom. The van der Waals surface area contributed by atoms with Crippen LogP contribution in [0.2, 0.25) is 0 Å². The first-order valence-electron chi connectivity index (χ1n) is 9.31. The Bertz CT molecular complexity index is 529. The number of hydrogen-bond donors (Lipinski definition) is 1. The molecular formula is C18H33N5O2. The number of rotatable bonds is 8. The molecule has 1 aliphatic heterocycles. The van der Waals surface area contributed by atoms with Crippen LogP contribution in [0.1, 0.15) is 38.9 Å². The van der Waals surface area contributed by atoms with Crippen LogP contribution >= 0.6 is 0 Å². The highest BCUT2D eigenvalue weighted by Gasteiger charge is 2.25. The first-order valence-corrected chi connectivity index (χ1v) is 9.31. The molecule has 1 aromatic heterocycles. The van der Waals surface area contributed by atoms with Gasteiger partial charge >= 0.3 is 0 Å². The molecule has 25 heavy (non-hydrogen) atoms. The third-order valence-electron chi connectivity index (χ3n) is 4.13. The topological polar surface area (TPSA) is 63.9 Å². The van der Waals surface area contributed by atoms with Gasteiger partial charge in [0, 0.05) is 38.5 Å². The summed E-state index contributed by atoms with van der Waals surface area (Å²) in [6.07, 6.45) is 5.02. The van der Waals surface area contributed by atoms with Crippen molar-refractivity contribution in [3.63, 3.8) is 0 Å². The molecule has 1 N–H and O–H groups in total. The minimum absolute atomic E-state index is 0.0357. The van der Waals surface area contributed by atoms with Crippen LogP contribution in [0.3, 0.4) is 0 Å². The van der Waals surface area contributed by atoms with Gasteiger partial charge in [0.05, 0.1) is 32.5 Å². The summed E-state index contributed by atoms with van der Waals surface area (Å²) in [5.41, 5.74) is 1.11. The van der Waals surface area contributed by atoms with Crippen molar-refractivity contribution in [3.8, 4) is 0 Å². The van der Waals surface area contributed by atoms with Crippen molar-refractivity contribution in [3.05, 3.63) is 18.0 Å². The molecule has 7 nitrogen and oxygen atoms in total. The van der Waals surface area contributed by atoms with E-state index < -0.39 is 0 Å². The normalized spacial score (nSPS) is 18.8. The van der Waals surface area contributed by atoms with Gasteiger partial charge < -0.3 is 19.7 Å². The van der Waals surface area contributed by atoms with Crippen LogP contribution in [-0.2, 0) is 16.5 Å². The minimum atomic E-state index is 0.0357. The summed E-state index contributed by atoms with van der Waals surface area (Å²) < 4.78 is 13.4. The fraction of sp³-hybridized carbons (Fsp3) is 0.778. The first kappa shape index (κ1) is 19.7. The van der Waals surface area contributed by atoms with E-state index in [1.165, 1.54) is 0 Å². The van der Waals surface area contributed by atoms with Crippen LogP contribution in [0.25, 0.3) is 0 Å². The lowest BCUT2D eigenvalue weighted by molar-refractivity contribution is -0.00808. The van der Waals surface area contributed by atoms with Crippen LogP contribution in [0.15, 0.2) is 17.4 Å². The molecule has 1 unspecified atom stereocenters. The van der Waals surface area contributed by atoms with Gasteiger partial charge in [0.1, 0.15) is 6.10 Å². The molecular weight excluding hydrogens is 318 g/mol. The van der Waals surface area contributed by atoms with E-state index in [4.69, 9.17) is 14.5 Å². The number of nitrogens with one attached hydrogen (secondary N) is 1. The van der Waals surface area contributed by atoms with E-state index in [1.807, 2.05) is 24.1 Å². The average molecular weight is 351 g/mol. The number of nitrogens with zero attached hydrogens (tertiary/aromatic N) is 4.